The zero-order valence-electron chi connectivity index (χ0n) is 12.8. The van der Waals surface area contributed by atoms with Crippen molar-refractivity contribution in [3.8, 4) is 0 Å². The summed E-state index contributed by atoms with van der Waals surface area (Å²) in [5.41, 5.74) is 3.00. The van der Waals surface area contributed by atoms with Crippen molar-refractivity contribution in [2.45, 2.75) is 25.3 Å². The summed E-state index contributed by atoms with van der Waals surface area (Å²) in [6.07, 6.45) is 2.83. The quantitative estimate of drug-likeness (QED) is 0.838. The smallest absolute Gasteiger partial charge is 0.224 e. The number of nitrogens with zero attached hydrogens (tertiary/aromatic N) is 2. The molecule has 0 aromatic heterocycles. The molecule has 0 N–H and O–H groups in total. The highest BCUT2D eigenvalue weighted by Gasteiger charge is 2.29. The molecule has 0 unspecified atom stereocenters. The van der Waals surface area contributed by atoms with E-state index in [1.54, 1.807) is 7.11 Å². The van der Waals surface area contributed by atoms with Gasteiger partial charge in [0.25, 0.3) is 0 Å². The Morgan fingerprint density at radius 2 is 1.76 bits per heavy atom. The average Bonchev–Trinajstić information content (AvgIpc) is 2.96. The Morgan fingerprint density at radius 3 is 2.33 bits per heavy atom. The molecule has 1 aromatic rings. The highest BCUT2D eigenvalue weighted by Crippen LogP contribution is 2.26. The fourth-order valence-electron chi connectivity index (χ4n) is 3.48. The Morgan fingerprint density at radius 1 is 1.14 bits per heavy atom. The van der Waals surface area contributed by atoms with E-state index in [0.29, 0.717) is 19.1 Å². The van der Waals surface area contributed by atoms with Crippen molar-refractivity contribution in [2.75, 3.05) is 39.9 Å². The largest absolute Gasteiger partial charge is 0.384 e. The van der Waals surface area contributed by atoms with Crippen molar-refractivity contribution in [2.24, 2.45) is 0 Å². The molecule has 4 heteroatoms. The molecule has 0 bridgehead atoms. The minimum atomic E-state index is 0.228. The van der Waals surface area contributed by atoms with E-state index in [9.17, 15) is 4.79 Å². The van der Waals surface area contributed by atoms with Crippen LogP contribution in [0.25, 0.3) is 0 Å². The molecule has 114 valence electrons. The first-order chi connectivity index (χ1) is 10.3. The summed E-state index contributed by atoms with van der Waals surface area (Å²) in [6.45, 7) is 4.23. The van der Waals surface area contributed by atoms with Crippen LogP contribution in [0.2, 0.25) is 0 Å². The van der Waals surface area contributed by atoms with Gasteiger partial charge < -0.3 is 9.64 Å². The Labute approximate surface area is 126 Å². The number of fused-ring (bicyclic) bond motifs is 1. The summed E-state index contributed by atoms with van der Waals surface area (Å²) < 4.78 is 4.98. The normalized spacial score (nSPS) is 19.8. The van der Waals surface area contributed by atoms with Crippen molar-refractivity contribution in [3.63, 3.8) is 0 Å². The van der Waals surface area contributed by atoms with Gasteiger partial charge in [0.2, 0.25) is 5.91 Å². The van der Waals surface area contributed by atoms with Gasteiger partial charge in [0.05, 0.1) is 13.0 Å². The molecular weight excluding hydrogens is 264 g/mol. The first-order valence-electron chi connectivity index (χ1n) is 7.85. The zero-order chi connectivity index (χ0) is 14.7. The van der Waals surface area contributed by atoms with Gasteiger partial charge in [0.1, 0.15) is 0 Å². The molecule has 3 rings (SSSR count). The lowest BCUT2D eigenvalue weighted by molar-refractivity contribution is -0.134. The van der Waals surface area contributed by atoms with Crippen molar-refractivity contribution in [1.82, 2.24) is 9.80 Å². The summed E-state index contributed by atoms with van der Waals surface area (Å²) in [5, 5.41) is 0. The highest BCUT2D eigenvalue weighted by molar-refractivity contribution is 5.76. The SMILES string of the molecule is COCCC(=O)N1CCN(C2Cc3ccccc3C2)CC1. The summed E-state index contributed by atoms with van der Waals surface area (Å²) >= 11 is 0. The number of methoxy groups -OCH3 is 1. The number of hydrogen-bond donors (Lipinski definition) is 0. The predicted molar refractivity (Wildman–Crippen MR) is 82.3 cm³/mol. The predicted octanol–water partition coefficient (Wildman–Crippen LogP) is 1.33. The van der Waals surface area contributed by atoms with Gasteiger partial charge in [0, 0.05) is 39.3 Å². The molecule has 0 radical (unpaired) electrons. The van der Waals surface area contributed by atoms with Gasteiger partial charge in [-0.15, -0.1) is 0 Å². The van der Waals surface area contributed by atoms with Crippen LogP contribution in [0, 0.1) is 0 Å². The third-order valence-corrected chi connectivity index (χ3v) is 4.73. The Hall–Kier alpha value is -1.39. The maximum Gasteiger partial charge on any atom is 0.224 e. The number of hydrogen-bond acceptors (Lipinski definition) is 3. The second-order valence-corrected chi connectivity index (χ2v) is 5.99. The monoisotopic (exact) mass is 288 g/mol. The summed E-state index contributed by atoms with van der Waals surface area (Å²) in [7, 11) is 1.64. The number of ether oxygens (including phenoxy) is 1. The van der Waals surface area contributed by atoms with Gasteiger partial charge in [0.15, 0.2) is 0 Å². The molecule has 1 aliphatic heterocycles. The zero-order valence-corrected chi connectivity index (χ0v) is 12.8. The lowest BCUT2D eigenvalue weighted by Gasteiger charge is -2.38. The van der Waals surface area contributed by atoms with Crippen LogP contribution < -0.4 is 0 Å². The fourth-order valence-corrected chi connectivity index (χ4v) is 3.48. The molecule has 4 nitrogen and oxygen atoms in total. The van der Waals surface area contributed by atoms with Gasteiger partial charge in [-0.05, 0) is 24.0 Å². The van der Waals surface area contributed by atoms with E-state index in [2.05, 4.69) is 29.2 Å². The lowest BCUT2D eigenvalue weighted by Crippen LogP contribution is -2.52. The third kappa shape index (κ3) is 3.27. The maximum absolute atomic E-state index is 12.0. The summed E-state index contributed by atoms with van der Waals surface area (Å²) in [4.78, 5) is 16.5. The van der Waals surface area contributed by atoms with E-state index < -0.39 is 0 Å². The number of carbonyl (C=O) groups is 1. The number of rotatable bonds is 4. The number of benzene rings is 1. The van der Waals surface area contributed by atoms with E-state index in [0.717, 1.165) is 39.0 Å². The molecule has 1 saturated heterocycles. The molecule has 1 amide bonds. The number of piperazine rings is 1. The molecule has 1 fully saturated rings. The standard InChI is InChI=1S/C17H24N2O2/c1-21-11-6-17(20)19-9-7-18(8-10-19)16-12-14-4-2-3-5-15(14)13-16/h2-5,16H,6-13H2,1H3. The lowest BCUT2D eigenvalue weighted by atomic mass is 10.1. The second-order valence-electron chi connectivity index (χ2n) is 5.99. The molecule has 21 heavy (non-hydrogen) atoms. The molecule has 2 aliphatic rings. The van der Waals surface area contributed by atoms with Crippen molar-refractivity contribution < 1.29 is 9.53 Å². The van der Waals surface area contributed by atoms with Gasteiger partial charge in [-0.25, -0.2) is 0 Å². The second kappa shape index (κ2) is 6.58. The fraction of sp³-hybridized carbons (Fsp3) is 0.588. The topological polar surface area (TPSA) is 32.8 Å². The minimum Gasteiger partial charge on any atom is -0.384 e. The Bertz CT molecular complexity index is 470. The van der Waals surface area contributed by atoms with Gasteiger partial charge in [-0.1, -0.05) is 24.3 Å². The highest BCUT2D eigenvalue weighted by atomic mass is 16.5. The number of carbonyl (C=O) groups excluding carboxylic acids is 1. The molecule has 0 atom stereocenters. The molecule has 1 heterocycles. The van der Waals surface area contributed by atoms with Crippen LogP contribution >= 0.6 is 0 Å². The van der Waals surface area contributed by atoms with Crippen molar-refractivity contribution >= 4 is 5.91 Å². The molecule has 0 saturated carbocycles. The first kappa shape index (κ1) is 14.5. The Balaban J connectivity index is 1.50. The van der Waals surface area contributed by atoms with E-state index in [1.165, 1.54) is 11.1 Å². The number of amides is 1. The average molecular weight is 288 g/mol. The van der Waals surface area contributed by atoms with Crippen LogP contribution in [0.15, 0.2) is 24.3 Å². The molecule has 1 aromatic carbocycles. The van der Waals surface area contributed by atoms with E-state index in [1.807, 2.05) is 4.90 Å². The van der Waals surface area contributed by atoms with Crippen LogP contribution in [0.3, 0.4) is 0 Å². The summed E-state index contributed by atoms with van der Waals surface area (Å²) in [6, 6.07) is 9.39. The van der Waals surface area contributed by atoms with E-state index in [4.69, 9.17) is 4.74 Å². The minimum absolute atomic E-state index is 0.228. The first-order valence-corrected chi connectivity index (χ1v) is 7.85. The van der Waals surface area contributed by atoms with Crippen molar-refractivity contribution in [3.05, 3.63) is 35.4 Å². The van der Waals surface area contributed by atoms with E-state index in [-0.39, 0.29) is 5.91 Å². The maximum atomic E-state index is 12.0. The molecular formula is C17H24N2O2. The molecule has 0 spiro atoms. The molecule has 1 aliphatic carbocycles. The van der Waals surface area contributed by atoms with Gasteiger partial charge in [-0.2, -0.15) is 0 Å². The third-order valence-electron chi connectivity index (χ3n) is 4.73. The van der Waals surface area contributed by atoms with Crippen LogP contribution in [0.1, 0.15) is 17.5 Å². The van der Waals surface area contributed by atoms with Crippen LogP contribution in [0.4, 0.5) is 0 Å². The summed E-state index contributed by atoms with van der Waals surface area (Å²) in [5.74, 6) is 0.228. The Kier molecular flexibility index (Phi) is 4.56. The van der Waals surface area contributed by atoms with Gasteiger partial charge in [-0.3, -0.25) is 9.69 Å². The van der Waals surface area contributed by atoms with Gasteiger partial charge >= 0.3 is 0 Å². The van der Waals surface area contributed by atoms with Crippen LogP contribution in [-0.2, 0) is 22.4 Å². The van der Waals surface area contributed by atoms with Crippen LogP contribution in [-0.4, -0.2) is 61.6 Å². The van der Waals surface area contributed by atoms with E-state index >= 15 is 0 Å². The van der Waals surface area contributed by atoms with Crippen LogP contribution in [0.5, 0.6) is 0 Å². The van der Waals surface area contributed by atoms with Crippen molar-refractivity contribution in [1.29, 1.82) is 0 Å².